The summed E-state index contributed by atoms with van der Waals surface area (Å²) in [7, 11) is 5.34. The Balaban J connectivity index is 0.755. The van der Waals surface area contributed by atoms with Crippen molar-refractivity contribution in [2.24, 2.45) is 11.7 Å². The molecule has 28 heteroatoms. The minimum absolute atomic E-state index is 0.0149. The number of rotatable bonds is 22. The molecule has 2 aromatic heterocycles. The van der Waals surface area contributed by atoms with Gasteiger partial charge in [-0.1, -0.05) is 33.7 Å². The van der Waals surface area contributed by atoms with Crippen LogP contribution >= 0.6 is 21.6 Å². The number of amides is 4. The number of nitrogens with one attached hydrogen (secondary N) is 4. The zero-order chi connectivity index (χ0) is 53.9. The number of anilines is 2. The lowest BCUT2D eigenvalue weighted by Gasteiger charge is -2.40. The summed E-state index contributed by atoms with van der Waals surface area (Å²) in [5.74, 6) is -6.04. The van der Waals surface area contributed by atoms with Crippen molar-refractivity contribution < 1.29 is 67.5 Å². The van der Waals surface area contributed by atoms with Crippen molar-refractivity contribution in [1.82, 2.24) is 40.4 Å². The van der Waals surface area contributed by atoms with Crippen LogP contribution in [0.15, 0.2) is 87.0 Å². The molecule has 0 radical (unpaired) electrons. The number of carboxylic acids is 2. The number of ether oxygens (including phenoxy) is 4. The maximum absolute atomic E-state index is 13.7. The molecule has 0 bridgehead atoms. The van der Waals surface area contributed by atoms with Crippen LogP contribution in [0, 0.1) is 5.92 Å². The molecular weight excluding hydrogens is 1020 g/mol. The first-order valence-corrected chi connectivity index (χ1v) is 25.3. The van der Waals surface area contributed by atoms with E-state index in [2.05, 4.69) is 35.9 Å². The minimum atomic E-state index is -1.46. The van der Waals surface area contributed by atoms with Crippen LogP contribution in [0.3, 0.4) is 0 Å². The highest BCUT2D eigenvalue weighted by Crippen LogP contribution is 2.60. The minimum Gasteiger partial charge on any atom is -0.492 e. The molecule has 4 aromatic rings. The second kappa shape index (κ2) is 22.1. The summed E-state index contributed by atoms with van der Waals surface area (Å²) in [5, 5.41) is 27.5. The molecule has 1 aliphatic carbocycles. The van der Waals surface area contributed by atoms with Crippen molar-refractivity contribution in [2.45, 2.75) is 74.1 Å². The highest BCUT2D eigenvalue weighted by molar-refractivity contribution is 8.76. The van der Waals surface area contributed by atoms with Gasteiger partial charge in [0.25, 0.3) is 11.5 Å². The van der Waals surface area contributed by atoms with Gasteiger partial charge >= 0.3 is 24.1 Å². The Labute approximate surface area is 432 Å². The van der Waals surface area contributed by atoms with Gasteiger partial charge in [0.05, 0.1) is 43.2 Å². The highest BCUT2D eigenvalue weighted by atomic mass is 33.1. The molecule has 2 saturated heterocycles. The van der Waals surface area contributed by atoms with Gasteiger partial charge in [-0.05, 0) is 61.7 Å². The van der Waals surface area contributed by atoms with Crippen molar-refractivity contribution in [1.29, 1.82) is 0 Å². The van der Waals surface area contributed by atoms with Gasteiger partial charge in [-0.3, -0.25) is 33.9 Å². The van der Waals surface area contributed by atoms with Crippen LogP contribution in [0.25, 0.3) is 11.2 Å². The van der Waals surface area contributed by atoms with Gasteiger partial charge in [0.2, 0.25) is 23.4 Å². The molecule has 8 rings (SSSR count). The van der Waals surface area contributed by atoms with Crippen LogP contribution in [-0.2, 0) is 56.1 Å². The third-order valence-electron chi connectivity index (χ3n) is 12.9. The SMILES string of the molecule is COC1=C(C)C(=O)C2=C(C1=O)[C@@H](COC(N)=O)[C@@]1(OC)[C@@H]3[C@H](CN21)N3C(=O)OCc1ccc(SSCC[C@H](NC(=O)CC[C@H](NC(=O)c2ccc(NCc3cnc4nc(N)[nH]c(=O)c4n3)cc2)C(=O)O)C(=O)O)cc1. The number of carbonyl (C=O) groups excluding carboxylic acids is 6. The number of primary amides is 1. The molecule has 26 nitrogen and oxygen atoms in total. The Morgan fingerprint density at radius 2 is 1.64 bits per heavy atom. The predicted octanol–water partition coefficient (Wildman–Crippen LogP) is 1.67. The number of piperazine rings is 1. The molecule has 4 amide bonds. The molecule has 75 heavy (non-hydrogen) atoms. The molecular formula is C47H49N11O15S2. The number of fused-ring (bicyclic) bond motifs is 5. The summed E-state index contributed by atoms with van der Waals surface area (Å²) in [6, 6.07) is 9.27. The van der Waals surface area contributed by atoms with Crippen molar-refractivity contribution >= 4 is 91.9 Å². The predicted molar refractivity (Wildman–Crippen MR) is 265 cm³/mol. The summed E-state index contributed by atoms with van der Waals surface area (Å²) < 4.78 is 22.2. The number of aliphatic carboxylic acids is 2. The van der Waals surface area contributed by atoms with E-state index in [-0.39, 0.29) is 77.8 Å². The zero-order valence-electron chi connectivity index (χ0n) is 40.1. The zero-order valence-corrected chi connectivity index (χ0v) is 41.8. The van der Waals surface area contributed by atoms with Gasteiger partial charge in [0.1, 0.15) is 31.3 Å². The van der Waals surface area contributed by atoms with E-state index < -0.39 is 102 Å². The van der Waals surface area contributed by atoms with Crippen LogP contribution in [0.1, 0.15) is 47.8 Å². The van der Waals surface area contributed by atoms with Gasteiger partial charge in [0, 0.05) is 53.1 Å². The first-order chi connectivity index (χ1) is 35.9. The first-order valence-electron chi connectivity index (χ1n) is 22.9. The monoisotopic (exact) mass is 1070 g/mol. The Morgan fingerprint density at radius 3 is 2.31 bits per heavy atom. The van der Waals surface area contributed by atoms with Crippen LogP contribution in [0.2, 0.25) is 0 Å². The summed E-state index contributed by atoms with van der Waals surface area (Å²) in [4.78, 5) is 133. The van der Waals surface area contributed by atoms with E-state index >= 15 is 0 Å². The smallest absolute Gasteiger partial charge is 0.410 e. The summed E-state index contributed by atoms with van der Waals surface area (Å²) >= 11 is 0. The Hall–Kier alpha value is -8.24. The topological polar surface area (TPSA) is 380 Å². The molecule has 10 N–H and O–H groups in total. The number of carboxylic acid groups (broad SMARTS) is 2. The lowest BCUT2D eigenvalue weighted by Crippen LogP contribution is -2.56. The number of allylic oxidation sites excluding steroid dienone is 2. The molecule has 5 heterocycles. The number of hydrogen-bond acceptors (Lipinski definition) is 21. The number of nitrogens with two attached hydrogens (primary N) is 2. The number of aromatic nitrogens is 4. The van der Waals surface area contributed by atoms with E-state index in [1.165, 1.54) is 66.0 Å². The number of aromatic amines is 1. The fraction of sp³-hybridized carbons (Fsp3) is 0.362. The molecule has 6 atom stereocenters. The van der Waals surface area contributed by atoms with E-state index in [9.17, 15) is 53.4 Å². The van der Waals surface area contributed by atoms with Gasteiger partial charge in [-0.25, -0.2) is 29.1 Å². The second-order valence-electron chi connectivity index (χ2n) is 17.4. The van der Waals surface area contributed by atoms with E-state index in [1.807, 2.05) is 0 Å². The average molecular weight is 1070 g/mol. The lowest BCUT2D eigenvalue weighted by atomic mass is 9.83. The molecule has 2 fully saturated rings. The van der Waals surface area contributed by atoms with Gasteiger partial charge in [-0.2, -0.15) is 4.98 Å². The van der Waals surface area contributed by atoms with Gasteiger partial charge < -0.3 is 61.5 Å². The van der Waals surface area contributed by atoms with Crippen molar-refractivity contribution in [3.05, 3.63) is 105 Å². The molecule has 0 unspecified atom stereocenters. The number of Topliss-reactive ketones (excluding diaryl/α,β-unsaturated/α-hetero) is 2. The number of nitrogens with zero attached hydrogens (tertiary/aromatic N) is 5. The molecule has 0 saturated carbocycles. The maximum Gasteiger partial charge on any atom is 0.410 e. The van der Waals surface area contributed by atoms with Gasteiger partial charge in [0.15, 0.2) is 22.6 Å². The number of hydrogen-bond donors (Lipinski definition) is 8. The van der Waals surface area contributed by atoms with Crippen molar-refractivity contribution in [3.8, 4) is 0 Å². The second-order valence-corrected chi connectivity index (χ2v) is 19.9. The van der Waals surface area contributed by atoms with Crippen molar-refractivity contribution in [3.63, 3.8) is 0 Å². The average Bonchev–Trinajstić information content (AvgIpc) is 4.11. The normalized spacial score (nSPS) is 20.2. The molecule has 394 valence electrons. The number of benzene rings is 2. The summed E-state index contributed by atoms with van der Waals surface area (Å²) in [5.41, 5.74) is 11.0. The van der Waals surface area contributed by atoms with E-state index in [4.69, 9.17) is 30.4 Å². The van der Waals surface area contributed by atoms with Crippen LogP contribution in [-0.4, -0.2) is 150 Å². The third-order valence-corrected chi connectivity index (χ3v) is 15.4. The number of ketones is 2. The Kier molecular flexibility index (Phi) is 15.6. The summed E-state index contributed by atoms with van der Waals surface area (Å²) in [6.45, 7) is 1.28. The third kappa shape index (κ3) is 10.9. The van der Waals surface area contributed by atoms with Gasteiger partial charge in [-0.15, -0.1) is 0 Å². The fourth-order valence-corrected chi connectivity index (χ4v) is 11.4. The number of H-pyrrole nitrogens is 1. The van der Waals surface area contributed by atoms with E-state index in [0.29, 0.717) is 22.7 Å². The maximum atomic E-state index is 13.7. The molecule has 2 aromatic carbocycles. The molecule has 3 aliphatic heterocycles. The van der Waals surface area contributed by atoms with E-state index in [1.54, 1.807) is 41.3 Å². The fourth-order valence-electron chi connectivity index (χ4n) is 9.35. The molecule has 0 spiro atoms. The standard InChI is InChI=1S/C47H49N11O15S2/c1-21-35(60)34-32(36(61)37(21)70-2)27(20-72-45(49)68)47(71-3)38-30(18-57(34)47)58(38)46(69)73-19-22-4-10-26(11-5-22)75-74-15-14-29(43(66)67)53-31(59)13-12-28(42(64)65)54-40(62)23-6-8-24(9-7-23)50-16-25-17-51-39-33(52-25)41(63)56-44(48)55-39/h4-11,17,27-30,38,50H,12-16,18-20H2,1-3H3,(H2,49,68)(H,53,59)(H,54,62)(H,64,65)(H,66,67)(H3,48,51,55,56,63)/t27-,28+,29+,30+,38+,47-,58?/m1/s1. The van der Waals surface area contributed by atoms with Crippen LogP contribution in [0.5, 0.6) is 0 Å². The largest absolute Gasteiger partial charge is 0.492 e. The van der Waals surface area contributed by atoms with Crippen molar-refractivity contribution in [2.75, 3.05) is 44.2 Å². The molecule has 4 aliphatic rings. The highest BCUT2D eigenvalue weighted by Gasteiger charge is 2.78. The number of nitrogen functional groups attached to an aromatic ring is 1. The quantitative estimate of drug-likeness (QED) is 0.0240. The first kappa shape index (κ1) is 53.1. The van der Waals surface area contributed by atoms with Crippen LogP contribution < -0.4 is 33.0 Å². The Bertz CT molecular complexity index is 3120. The number of carbonyl (C=O) groups is 8. The summed E-state index contributed by atoms with van der Waals surface area (Å²) in [6.07, 6.45) is -1.01. The van der Waals surface area contributed by atoms with Crippen LogP contribution in [0.4, 0.5) is 21.2 Å². The number of methoxy groups -OCH3 is 2. The lowest BCUT2D eigenvalue weighted by molar-refractivity contribution is -0.144. The van der Waals surface area contributed by atoms with E-state index in [0.717, 1.165) is 4.90 Å². The Morgan fingerprint density at radius 1 is 0.933 bits per heavy atom.